The van der Waals surface area contributed by atoms with E-state index in [2.05, 4.69) is 37.9 Å². The van der Waals surface area contributed by atoms with Crippen LogP contribution in [-0.2, 0) is 0 Å². The zero-order chi connectivity index (χ0) is 12.2. The second kappa shape index (κ2) is 11.4. The van der Waals surface area contributed by atoms with Crippen LogP contribution in [0.25, 0.3) is 0 Å². The van der Waals surface area contributed by atoms with E-state index in [1.54, 1.807) is 0 Å². The van der Waals surface area contributed by atoms with E-state index in [1.807, 2.05) is 0 Å². The first-order valence-corrected chi connectivity index (χ1v) is 7.20. The Balaban J connectivity index is 3.60. The van der Waals surface area contributed by atoms with Gasteiger partial charge in [-0.3, -0.25) is 4.90 Å². The molecule has 0 aromatic heterocycles. The van der Waals surface area contributed by atoms with Gasteiger partial charge in [-0.25, -0.2) is 0 Å². The standard InChI is InChI=1S/C14H32N2/c1-5-8-9-10-15-13-14(4)16(11-6-2)12-7-3/h14-15H,5-13H2,1-4H3. The Bertz CT molecular complexity index is 131. The zero-order valence-electron chi connectivity index (χ0n) is 11.9. The van der Waals surface area contributed by atoms with Crippen molar-refractivity contribution in [1.82, 2.24) is 10.2 Å². The topological polar surface area (TPSA) is 15.3 Å². The van der Waals surface area contributed by atoms with E-state index in [0.717, 1.165) is 6.54 Å². The molecule has 0 fully saturated rings. The van der Waals surface area contributed by atoms with Crippen molar-refractivity contribution in [2.75, 3.05) is 26.2 Å². The van der Waals surface area contributed by atoms with E-state index in [4.69, 9.17) is 0 Å². The van der Waals surface area contributed by atoms with Gasteiger partial charge in [0.05, 0.1) is 0 Å². The summed E-state index contributed by atoms with van der Waals surface area (Å²) in [5, 5.41) is 3.58. The second-order valence-corrected chi connectivity index (χ2v) is 4.80. The van der Waals surface area contributed by atoms with Crippen molar-refractivity contribution in [2.24, 2.45) is 0 Å². The number of hydrogen-bond donors (Lipinski definition) is 1. The quantitative estimate of drug-likeness (QED) is 0.546. The maximum absolute atomic E-state index is 3.58. The van der Waals surface area contributed by atoms with Crippen molar-refractivity contribution in [3.63, 3.8) is 0 Å². The first-order valence-electron chi connectivity index (χ1n) is 7.20. The monoisotopic (exact) mass is 228 g/mol. The van der Waals surface area contributed by atoms with Crippen LogP contribution in [0.2, 0.25) is 0 Å². The number of unbranched alkanes of at least 4 members (excludes halogenated alkanes) is 2. The number of nitrogens with one attached hydrogen (secondary N) is 1. The molecular formula is C14H32N2. The third-order valence-corrected chi connectivity index (χ3v) is 3.04. The van der Waals surface area contributed by atoms with Crippen LogP contribution in [0.4, 0.5) is 0 Å². The Kier molecular flexibility index (Phi) is 11.3. The van der Waals surface area contributed by atoms with Gasteiger partial charge in [-0.15, -0.1) is 0 Å². The van der Waals surface area contributed by atoms with Gasteiger partial charge in [0.15, 0.2) is 0 Å². The number of rotatable bonds is 11. The molecule has 16 heavy (non-hydrogen) atoms. The second-order valence-electron chi connectivity index (χ2n) is 4.80. The smallest absolute Gasteiger partial charge is 0.0192 e. The summed E-state index contributed by atoms with van der Waals surface area (Å²) in [4.78, 5) is 2.60. The van der Waals surface area contributed by atoms with Crippen molar-refractivity contribution >= 4 is 0 Å². The van der Waals surface area contributed by atoms with E-state index in [1.165, 1.54) is 51.7 Å². The Morgan fingerprint density at radius 3 is 2.06 bits per heavy atom. The molecule has 2 nitrogen and oxygen atoms in total. The molecule has 0 aliphatic heterocycles. The minimum absolute atomic E-state index is 0.682. The van der Waals surface area contributed by atoms with Gasteiger partial charge in [-0.1, -0.05) is 33.6 Å². The molecule has 0 heterocycles. The molecule has 0 aromatic rings. The third kappa shape index (κ3) is 8.12. The zero-order valence-corrected chi connectivity index (χ0v) is 11.9. The van der Waals surface area contributed by atoms with Gasteiger partial charge in [0, 0.05) is 12.6 Å². The van der Waals surface area contributed by atoms with Crippen molar-refractivity contribution in [3.8, 4) is 0 Å². The van der Waals surface area contributed by atoms with Crippen LogP contribution in [0, 0.1) is 0 Å². The van der Waals surface area contributed by atoms with E-state index >= 15 is 0 Å². The molecular weight excluding hydrogens is 196 g/mol. The van der Waals surface area contributed by atoms with Crippen molar-refractivity contribution in [3.05, 3.63) is 0 Å². The molecule has 0 bridgehead atoms. The highest BCUT2D eigenvalue weighted by Gasteiger charge is 2.10. The van der Waals surface area contributed by atoms with Gasteiger partial charge in [-0.05, 0) is 45.8 Å². The highest BCUT2D eigenvalue weighted by molar-refractivity contribution is 4.69. The lowest BCUT2D eigenvalue weighted by Gasteiger charge is -2.28. The summed E-state index contributed by atoms with van der Waals surface area (Å²) < 4.78 is 0. The maximum atomic E-state index is 3.58. The van der Waals surface area contributed by atoms with E-state index < -0.39 is 0 Å². The molecule has 0 saturated heterocycles. The molecule has 0 saturated carbocycles. The summed E-state index contributed by atoms with van der Waals surface area (Å²) in [6.07, 6.45) is 6.52. The van der Waals surface area contributed by atoms with Crippen LogP contribution in [0.3, 0.4) is 0 Å². The minimum Gasteiger partial charge on any atom is -0.315 e. The Morgan fingerprint density at radius 1 is 0.938 bits per heavy atom. The SMILES string of the molecule is CCCCCNCC(C)N(CCC)CCC. The van der Waals surface area contributed by atoms with Crippen LogP contribution in [0.5, 0.6) is 0 Å². The average molecular weight is 228 g/mol. The highest BCUT2D eigenvalue weighted by Crippen LogP contribution is 2.01. The van der Waals surface area contributed by atoms with E-state index in [0.29, 0.717) is 6.04 Å². The molecule has 0 amide bonds. The normalized spacial score (nSPS) is 13.3. The van der Waals surface area contributed by atoms with Gasteiger partial charge in [0.1, 0.15) is 0 Å². The van der Waals surface area contributed by atoms with Crippen molar-refractivity contribution in [2.45, 2.75) is 65.8 Å². The van der Waals surface area contributed by atoms with Crippen LogP contribution in [-0.4, -0.2) is 37.1 Å². The van der Waals surface area contributed by atoms with E-state index in [-0.39, 0.29) is 0 Å². The van der Waals surface area contributed by atoms with Crippen LogP contribution in [0.1, 0.15) is 59.8 Å². The van der Waals surface area contributed by atoms with Gasteiger partial charge < -0.3 is 5.32 Å². The molecule has 0 spiro atoms. The molecule has 1 N–H and O–H groups in total. The van der Waals surface area contributed by atoms with Crippen molar-refractivity contribution in [1.29, 1.82) is 0 Å². The Labute approximate surface area is 103 Å². The highest BCUT2D eigenvalue weighted by atomic mass is 15.2. The van der Waals surface area contributed by atoms with Gasteiger partial charge in [-0.2, -0.15) is 0 Å². The lowest BCUT2D eigenvalue weighted by atomic mass is 10.2. The lowest BCUT2D eigenvalue weighted by Crippen LogP contribution is -2.41. The molecule has 2 heteroatoms. The van der Waals surface area contributed by atoms with Crippen LogP contribution < -0.4 is 5.32 Å². The molecule has 0 aliphatic carbocycles. The molecule has 1 atom stereocenters. The summed E-state index contributed by atoms with van der Waals surface area (Å²) in [5.41, 5.74) is 0. The minimum atomic E-state index is 0.682. The van der Waals surface area contributed by atoms with Gasteiger partial charge >= 0.3 is 0 Å². The predicted octanol–water partition coefficient (Wildman–Crippen LogP) is 3.28. The molecule has 0 aliphatic rings. The van der Waals surface area contributed by atoms with Gasteiger partial charge in [0.25, 0.3) is 0 Å². The van der Waals surface area contributed by atoms with E-state index in [9.17, 15) is 0 Å². The van der Waals surface area contributed by atoms with Crippen molar-refractivity contribution < 1.29 is 0 Å². The summed E-state index contributed by atoms with van der Waals surface area (Å²) in [6.45, 7) is 13.9. The molecule has 0 aromatic carbocycles. The predicted molar refractivity (Wildman–Crippen MR) is 74.0 cm³/mol. The summed E-state index contributed by atoms with van der Waals surface area (Å²) >= 11 is 0. The van der Waals surface area contributed by atoms with Crippen LogP contribution >= 0.6 is 0 Å². The fourth-order valence-corrected chi connectivity index (χ4v) is 2.07. The Morgan fingerprint density at radius 2 is 1.56 bits per heavy atom. The average Bonchev–Trinajstić information content (AvgIpc) is 2.28. The fourth-order valence-electron chi connectivity index (χ4n) is 2.07. The summed E-state index contributed by atoms with van der Waals surface area (Å²) in [5.74, 6) is 0. The maximum Gasteiger partial charge on any atom is 0.0192 e. The number of hydrogen-bond acceptors (Lipinski definition) is 2. The van der Waals surface area contributed by atoms with Crippen LogP contribution in [0.15, 0.2) is 0 Å². The molecule has 1 unspecified atom stereocenters. The largest absolute Gasteiger partial charge is 0.315 e. The first-order chi connectivity index (χ1) is 7.76. The Hall–Kier alpha value is -0.0800. The fraction of sp³-hybridized carbons (Fsp3) is 1.00. The molecule has 98 valence electrons. The van der Waals surface area contributed by atoms with Gasteiger partial charge in [0.2, 0.25) is 0 Å². The number of nitrogens with zero attached hydrogens (tertiary/aromatic N) is 1. The summed E-state index contributed by atoms with van der Waals surface area (Å²) in [7, 11) is 0. The molecule has 0 rings (SSSR count). The first kappa shape index (κ1) is 15.9. The lowest BCUT2D eigenvalue weighted by molar-refractivity contribution is 0.204. The third-order valence-electron chi connectivity index (χ3n) is 3.04. The summed E-state index contributed by atoms with van der Waals surface area (Å²) in [6, 6.07) is 0.682. The molecule has 0 radical (unpaired) electrons.